The fraction of sp³-hybridized carbons (Fsp3) is 0.917. The van der Waals surface area contributed by atoms with Crippen LogP contribution in [0.15, 0.2) is 0 Å². The zero-order valence-corrected chi connectivity index (χ0v) is 21.9. The van der Waals surface area contributed by atoms with E-state index in [0.717, 1.165) is 23.7 Å². The predicted octanol–water partition coefficient (Wildman–Crippen LogP) is 9.38. The van der Waals surface area contributed by atoms with Crippen LogP contribution in [0.1, 0.15) is 91.9 Å². The van der Waals surface area contributed by atoms with Gasteiger partial charge in [0.1, 0.15) is 0 Å². The second-order valence-electron chi connectivity index (χ2n) is 9.90. The van der Waals surface area contributed by atoms with Crippen molar-refractivity contribution in [2.45, 2.75) is 116 Å². The molecule has 3 aliphatic carbocycles. The smallest absolute Gasteiger partial charge is 0.657 e. The van der Waals surface area contributed by atoms with Crippen molar-refractivity contribution >= 4 is 0 Å². The van der Waals surface area contributed by atoms with Gasteiger partial charge in [-0.2, -0.15) is 12.1 Å². The largest absolute Gasteiger partial charge is 4.00 e. The first-order chi connectivity index (χ1) is 15.0. The van der Waals surface area contributed by atoms with Crippen LogP contribution in [-0.4, -0.2) is 24.2 Å². The standard InChI is InChI=1S/C22H40N2.2CF3.Ti/c1-15-9-7-10-16(2)21(15)23-19-13-5-6-14-20(19)24-22-17(3)11-8-12-18(22)4;2*2-1(3)4;/h15-22H,5-14H2,1-4H3;;;/q-2;2*-1;+4. The molecule has 0 aromatic heterocycles. The fourth-order valence-corrected chi connectivity index (χ4v) is 5.80. The second-order valence-corrected chi connectivity index (χ2v) is 9.90. The van der Waals surface area contributed by atoms with Crippen LogP contribution in [-0.2, 0) is 21.7 Å². The van der Waals surface area contributed by atoms with E-state index in [0.29, 0.717) is 24.2 Å². The van der Waals surface area contributed by atoms with E-state index < -0.39 is 13.4 Å². The van der Waals surface area contributed by atoms with E-state index in [4.69, 9.17) is 10.6 Å². The number of nitrogens with zero attached hydrogens (tertiary/aromatic N) is 2. The maximum atomic E-state index is 9.58. The van der Waals surface area contributed by atoms with E-state index in [-0.39, 0.29) is 21.7 Å². The zero-order valence-electron chi connectivity index (χ0n) is 20.4. The van der Waals surface area contributed by atoms with Crippen LogP contribution in [0, 0.1) is 37.0 Å². The molecular weight excluding hydrogens is 478 g/mol. The Balaban J connectivity index is 0.000000991. The second kappa shape index (κ2) is 17.6. The van der Waals surface area contributed by atoms with Crippen molar-refractivity contribution in [3.8, 4) is 0 Å². The molecule has 3 fully saturated rings. The maximum Gasteiger partial charge on any atom is 4.00 e. The Kier molecular flexibility index (Phi) is 17.7. The van der Waals surface area contributed by atoms with Gasteiger partial charge in [0.15, 0.2) is 13.4 Å². The SMILES string of the molecule is CC1CCCC(C)C1[N-]C1CCCCC1[N-]C1C(C)CCCC1C.F[C-](F)F.F[C-](F)F.[Ti+4]. The topological polar surface area (TPSA) is 28.2 Å². The molecule has 6 atom stereocenters. The Labute approximate surface area is 211 Å². The minimum absolute atomic E-state index is 0. The fourth-order valence-electron chi connectivity index (χ4n) is 5.80. The van der Waals surface area contributed by atoms with Crippen molar-refractivity contribution in [3.05, 3.63) is 24.0 Å². The van der Waals surface area contributed by atoms with Crippen molar-refractivity contribution < 1.29 is 48.1 Å². The molecular formula is C24H40F6N2Ti. The Morgan fingerprint density at radius 1 is 0.485 bits per heavy atom. The molecule has 2 nitrogen and oxygen atoms in total. The van der Waals surface area contributed by atoms with Gasteiger partial charge in [-0.15, -0.1) is 12.1 Å². The van der Waals surface area contributed by atoms with E-state index in [1.54, 1.807) is 0 Å². The Morgan fingerprint density at radius 3 is 0.970 bits per heavy atom. The summed E-state index contributed by atoms with van der Waals surface area (Å²) < 4.78 is 57.5. The summed E-state index contributed by atoms with van der Waals surface area (Å²) in [5.41, 5.74) is 0. The van der Waals surface area contributed by atoms with Crippen LogP contribution >= 0.6 is 0 Å². The average molecular weight is 518 g/mol. The summed E-state index contributed by atoms with van der Waals surface area (Å²) in [7, 11) is 0. The number of hydrogen-bond donors (Lipinski definition) is 0. The minimum Gasteiger partial charge on any atom is -0.657 e. The molecule has 6 unspecified atom stereocenters. The van der Waals surface area contributed by atoms with E-state index in [1.165, 1.54) is 64.2 Å². The first kappa shape index (κ1) is 33.2. The molecule has 3 rings (SSSR count). The molecule has 3 aliphatic rings. The summed E-state index contributed by atoms with van der Waals surface area (Å²) in [6.07, 6.45) is 13.6. The molecule has 9 heteroatoms. The molecule has 3 saturated carbocycles. The summed E-state index contributed by atoms with van der Waals surface area (Å²) >= 11 is 0. The van der Waals surface area contributed by atoms with Gasteiger partial charge in [0.25, 0.3) is 0 Å². The first-order valence-corrected chi connectivity index (χ1v) is 12.1. The quantitative estimate of drug-likeness (QED) is 0.202. The van der Waals surface area contributed by atoms with Gasteiger partial charge >= 0.3 is 21.7 Å². The Bertz CT molecular complexity index is 420. The zero-order chi connectivity index (χ0) is 24.3. The number of halogens is 6. The van der Waals surface area contributed by atoms with Crippen molar-refractivity contribution in [1.29, 1.82) is 0 Å². The van der Waals surface area contributed by atoms with Gasteiger partial charge < -0.3 is 37.0 Å². The van der Waals surface area contributed by atoms with Crippen molar-refractivity contribution in [3.63, 3.8) is 0 Å². The first-order valence-electron chi connectivity index (χ1n) is 12.1. The van der Waals surface area contributed by atoms with Crippen LogP contribution < -0.4 is 0 Å². The average Bonchev–Trinajstić information content (AvgIpc) is 2.68. The van der Waals surface area contributed by atoms with E-state index in [1.807, 2.05) is 0 Å². The molecule has 33 heavy (non-hydrogen) atoms. The molecule has 0 amide bonds. The van der Waals surface area contributed by atoms with Crippen LogP contribution in [0.5, 0.6) is 0 Å². The van der Waals surface area contributed by atoms with Crippen molar-refractivity contribution in [2.24, 2.45) is 23.7 Å². The third-order valence-corrected chi connectivity index (χ3v) is 7.39. The Morgan fingerprint density at radius 2 is 0.727 bits per heavy atom. The molecule has 0 aromatic carbocycles. The summed E-state index contributed by atoms with van der Waals surface area (Å²) in [5, 5.41) is 10.9. The summed E-state index contributed by atoms with van der Waals surface area (Å²) in [4.78, 5) is 0. The van der Waals surface area contributed by atoms with E-state index in [2.05, 4.69) is 27.7 Å². The van der Waals surface area contributed by atoms with Gasteiger partial charge in [-0.3, -0.25) is 0 Å². The molecule has 0 aromatic rings. The van der Waals surface area contributed by atoms with E-state index >= 15 is 0 Å². The summed E-state index contributed by atoms with van der Waals surface area (Å²) in [5.74, 6) is 3.13. The predicted molar refractivity (Wildman–Crippen MR) is 118 cm³/mol. The number of hydrogen-bond acceptors (Lipinski definition) is 0. The van der Waals surface area contributed by atoms with Crippen LogP contribution in [0.2, 0.25) is 0 Å². The van der Waals surface area contributed by atoms with Gasteiger partial charge in [0.2, 0.25) is 0 Å². The minimum atomic E-state index is -3.08. The van der Waals surface area contributed by atoms with E-state index in [9.17, 15) is 26.3 Å². The number of rotatable bonds is 4. The van der Waals surface area contributed by atoms with Gasteiger partial charge in [-0.05, 0) is 0 Å². The van der Waals surface area contributed by atoms with Gasteiger partial charge in [0.05, 0.1) is 0 Å². The third-order valence-electron chi connectivity index (χ3n) is 7.39. The monoisotopic (exact) mass is 518 g/mol. The molecule has 0 heterocycles. The molecule has 0 radical (unpaired) electrons. The molecule has 0 saturated heterocycles. The third kappa shape index (κ3) is 13.2. The van der Waals surface area contributed by atoms with Crippen LogP contribution in [0.3, 0.4) is 0 Å². The van der Waals surface area contributed by atoms with Gasteiger partial charge in [-0.25, -0.2) is 0 Å². The molecule has 0 spiro atoms. The van der Waals surface area contributed by atoms with Crippen molar-refractivity contribution in [2.75, 3.05) is 0 Å². The normalized spacial score (nSPS) is 36.7. The van der Waals surface area contributed by atoms with Gasteiger partial charge in [0, 0.05) is 0 Å². The molecule has 0 bridgehead atoms. The molecule has 0 N–H and O–H groups in total. The van der Waals surface area contributed by atoms with Crippen molar-refractivity contribution in [1.82, 2.24) is 0 Å². The Hall–Kier alpha value is 0.214. The summed E-state index contributed by atoms with van der Waals surface area (Å²) in [6.45, 7) is 3.57. The molecule has 192 valence electrons. The molecule has 0 aliphatic heterocycles. The van der Waals surface area contributed by atoms with Crippen LogP contribution in [0.25, 0.3) is 10.6 Å². The van der Waals surface area contributed by atoms with Gasteiger partial charge in [-0.1, -0.05) is 116 Å². The maximum absolute atomic E-state index is 9.58. The summed E-state index contributed by atoms with van der Waals surface area (Å²) in [6, 6.07) is 2.24. The van der Waals surface area contributed by atoms with Crippen LogP contribution in [0.4, 0.5) is 26.3 Å².